The monoisotopic (exact) mass is 364 g/mol. The minimum Gasteiger partial charge on any atom is -0.494 e. The van der Waals surface area contributed by atoms with Crippen molar-refractivity contribution < 1.29 is 18.7 Å². The Bertz CT molecular complexity index is 656. The smallest absolute Gasteiger partial charge is 0.286 e. The molecule has 2 aromatic rings. The minimum absolute atomic E-state index is 0.0987. The van der Waals surface area contributed by atoms with E-state index in [1.807, 2.05) is 12.1 Å². The molecule has 2 amide bonds. The standard InChI is InChI=1S/C18H21ClN2O4/c19-14-5-7-15(8-6-14)24-12-2-1-10-20-17(22)9-11-21-18(23)16-4-3-13-25-16/h3-8,13H,1-2,9-12H2,(H,20,22)(H,21,23). The number of hydrogen-bond acceptors (Lipinski definition) is 4. The van der Waals surface area contributed by atoms with Gasteiger partial charge in [-0.1, -0.05) is 11.6 Å². The van der Waals surface area contributed by atoms with E-state index in [9.17, 15) is 9.59 Å². The molecule has 0 aliphatic rings. The van der Waals surface area contributed by atoms with Crippen molar-refractivity contribution in [2.75, 3.05) is 19.7 Å². The lowest BCUT2D eigenvalue weighted by atomic mass is 10.3. The Labute approximate surface area is 151 Å². The van der Waals surface area contributed by atoms with Gasteiger partial charge in [-0.15, -0.1) is 0 Å². The first-order valence-corrected chi connectivity index (χ1v) is 8.50. The molecule has 0 aliphatic heterocycles. The van der Waals surface area contributed by atoms with Crippen LogP contribution in [0.1, 0.15) is 29.8 Å². The Kier molecular flexibility index (Phi) is 7.85. The highest BCUT2D eigenvalue weighted by Crippen LogP contribution is 2.15. The molecule has 1 aromatic heterocycles. The van der Waals surface area contributed by atoms with Crippen molar-refractivity contribution in [2.45, 2.75) is 19.3 Å². The first-order chi connectivity index (χ1) is 12.1. The summed E-state index contributed by atoms with van der Waals surface area (Å²) in [5, 5.41) is 6.11. The molecule has 25 heavy (non-hydrogen) atoms. The van der Waals surface area contributed by atoms with Gasteiger partial charge in [-0.3, -0.25) is 9.59 Å². The van der Waals surface area contributed by atoms with E-state index in [0.29, 0.717) is 18.2 Å². The second-order valence-corrected chi connectivity index (χ2v) is 5.78. The second-order valence-electron chi connectivity index (χ2n) is 5.34. The summed E-state index contributed by atoms with van der Waals surface area (Å²) >= 11 is 5.80. The maximum absolute atomic E-state index is 11.7. The van der Waals surface area contributed by atoms with Gasteiger partial charge in [0.2, 0.25) is 5.91 Å². The molecule has 0 unspecified atom stereocenters. The Morgan fingerprint density at radius 3 is 2.56 bits per heavy atom. The largest absolute Gasteiger partial charge is 0.494 e. The molecule has 2 rings (SSSR count). The van der Waals surface area contributed by atoms with Gasteiger partial charge in [-0.05, 0) is 49.2 Å². The summed E-state index contributed by atoms with van der Waals surface area (Å²) < 4.78 is 10.5. The molecule has 0 saturated carbocycles. The normalized spacial score (nSPS) is 10.3. The fourth-order valence-electron chi connectivity index (χ4n) is 2.05. The van der Waals surface area contributed by atoms with Gasteiger partial charge in [0.05, 0.1) is 12.9 Å². The van der Waals surface area contributed by atoms with E-state index in [1.54, 1.807) is 24.3 Å². The molecule has 6 nitrogen and oxygen atoms in total. The van der Waals surface area contributed by atoms with E-state index in [-0.39, 0.29) is 30.5 Å². The summed E-state index contributed by atoms with van der Waals surface area (Å²) in [6, 6.07) is 10.4. The number of nitrogens with one attached hydrogen (secondary N) is 2. The van der Waals surface area contributed by atoms with E-state index in [4.69, 9.17) is 20.8 Å². The maximum atomic E-state index is 11.7. The summed E-state index contributed by atoms with van der Waals surface area (Å²) in [7, 11) is 0. The number of rotatable bonds is 10. The molecule has 0 bridgehead atoms. The van der Waals surface area contributed by atoms with Crippen LogP contribution in [0.5, 0.6) is 5.75 Å². The van der Waals surface area contributed by atoms with Gasteiger partial charge in [0.1, 0.15) is 5.75 Å². The Balaban J connectivity index is 1.46. The van der Waals surface area contributed by atoms with Gasteiger partial charge in [-0.2, -0.15) is 0 Å². The van der Waals surface area contributed by atoms with Crippen molar-refractivity contribution in [3.05, 3.63) is 53.4 Å². The summed E-state index contributed by atoms with van der Waals surface area (Å²) in [5.41, 5.74) is 0. The zero-order chi connectivity index (χ0) is 17.9. The lowest BCUT2D eigenvalue weighted by Gasteiger charge is -2.07. The quantitative estimate of drug-likeness (QED) is 0.635. The average Bonchev–Trinajstić information content (AvgIpc) is 3.14. The van der Waals surface area contributed by atoms with Gasteiger partial charge in [-0.25, -0.2) is 0 Å². The van der Waals surface area contributed by atoms with Gasteiger partial charge in [0.15, 0.2) is 5.76 Å². The van der Waals surface area contributed by atoms with E-state index >= 15 is 0 Å². The van der Waals surface area contributed by atoms with Gasteiger partial charge in [0, 0.05) is 24.5 Å². The lowest BCUT2D eigenvalue weighted by molar-refractivity contribution is -0.120. The van der Waals surface area contributed by atoms with Crippen molar-refractivity contribution in [3.8, 4) is 5.75 Å². The molecule has 0 saturated heterocycles. The predicted octanol–water partition coefficient (Wildman–Crippen LogP) is 3.03. The van der Waals surface area contributed by atoms with E-state index in [0.717, 1.165) is 18.6 Å². The van der Waals surface area contributed by atoms with Crippen LogP contribution in [-0.4, -0.2) is 31.5 Å². The fraction of sp³-hybridized carbons (Fsp3) is 0.333. The van der Waals surface area contributed by atoms with Crippen molar-refractivity contribution in [1.82, 2.24) is 10.6 Å². The molecule has 0 atom stereocenters. The number of furan rings is 1. The van der Waals surface area contributed by atoms with Crippen molar-refractivity contribution in [2.24, 2.45) is 0 Å². The molecule has 2 N–H and O–H groups in total. The first kappa shape index (κ1) is 18.9. The number of unbranched alkanes of at least 4 members (excludes halogenated alkanes) is 1. The number of benzene rings is 1. The number of ether oxygens (including phenoxy) is 1. The first-order valence-electron chi connectivity index (χ1n) is 8.12. The minimum atomic E-state index is -0.322. The third kappa shape index (κ3) is 7.30. The van der Waals surface area contributed by atoms with Gasteiger partial charge < -0.3 is 19.8 Å². The van der Waals surface area contributed by atoms with E-state index < -0.39 is 0 Å². The van der Waals surface area contributed by atoms with Crippen LogP contribution < -0.4 is 15.4 Å². The molecule has 0 aliphatic carbocycles. The highest BCUT2D eigenvalue weighted by atomic mass is 35.5. The maximum Gasteiger partial charge on any atom is 0.286 e. The van der Waals surface area contributed by atoms with Crippen molar-refractivity contribution in [1.29, 1.82) is 0 Å². The Morgan fingerprint density at radius 2 is 1.84 bits per heavy atom. The molecular formula is C18H21ClN2O4. The van der Waals surface area contributed by atoms with Crippen LogP contribution in [0.2, 0.25) is 5.02 Å². The SMILES string of the molecule is O=C(CCNC(=O)c1ccco1)NCCCCOc1ccc(Cl)cc1. The van der Waals surface area contributed by atoms with Crippen molar-refractivity contribution in [3.63, 3.8) is 0 Å². The van der Waals surface area contributed by atoms with E-state index in [2.05, 4.69) is 10.6 Å². The van der Waals surface area contributed by atoms with Gasteiger partial charge >= 0.3 is 0 Å². The van der Waals surface area contributed by atoms with Crippen LogP contribution in [-0.2, 0) is 4.79 Å². The fourth-order valence-corrected chi connectivity index (χ4v) is 2.17. The third-order valence-electron chi connectivity index (χ3n) is 3.36. The molecule has 0 spiro atoms. The topological polar surface area (TPSA) is 80.6 Å². The summed E-state index contributed by atoms with van der Waals surface area (Å²) in [6.07, 6.45) is 3.31. The molecular weight excluding hydrogens is 344 g/mol. The highest BCUT2D eigenvalue weighted by Gasteiger charge is 2.08. The summed E-state index contributed by atoms with van der Waals surface area (Å²) in [5.74, 6) is 0.595. The molecule has 0 radical (unpaired) electrons. The highest BCUT2D eigenvalue weighted by molar-refractivity contribution is 6.30. The number of carbonyl (C=O) groups excluding carboxylic acids is 2. The zero-order valence-electron chi connectivity index (χ0n) is 13.8. The third-order valence-corrected chi connectivity index (χ3v) is 3.61. The van der Waals surface area contributed by atoms with Crippen LogP contribution in [0.4, 0.5) is 0 Å². The van der Waals surface area contributed by atoms with Crippen LogP contribution in [0.25, 0.3) is 0 Å². The number of hydrogen-bond donors (Lipinski definition) is 2. The zero-order valence-corrected chi connectivity index (χ0v) is 14.6. The molecule has 1 heterocycles. The van der Waals surface area contributed by atoms with Crippen LogP contribution in [0, 0.1) is 0 Å². The van der Waals surface area contributed by atoms with Crippen molar-refractivity contribution >= 4 is 23.4 Å². The second kappa shape index (κ2) is 10.4. The number of halogens is 1. The average molecular weight is 365 g/mol. The Morgan fingerprint density at radius 1 is 1.04 bits per heavy atom. The lowest BCUT2D eigenvalue weighted by Crippen LogP contribution is -2.31. The number of carbonyl (C=O) groups is 2. The van der Waals surface area contributed by atoms with E-state index in [1.165, 1.54) is 6.26 Å². The Hall–Kier alpha value is -2.47. The van der Waals surface area contributed by atoms with Gasteiger partial charge in [0.25, 0.3) is 5.91 Å². The van der Waals surface area contributed by atoms with Crippen LogP contribution in [0.15, 0.2) is 47.1 Å². The predicted molar refractivity (Wildman–Crippen MR) is 94.8 cm³/mol. The summed E-state index contributed by atoms with van der Waals surface area (Å²) in [4.78, 5) is 23.3. The molecule has 1 aromatic carbocycles. The molecule has 7 heteroatoms. The molecule has 0 fully saturated rings. The van der Waals surface area contributed by atoms with Crippen LogP contribution >= 0.6 is 11.6 Å². The number of amides is 2. The summed E-state index contributed by atoms with van der Waals surface area (Å²) in [6.45, 7) is 1.43. The molecule has 134 valence electrons. The van der Waals surface area contributed by atoms with Crippen LogP contribution in [0.3, 0.4) is 0 Å².